The molecule has 1 aliphatic rings. The van der Waals surface area contributed by atoms with Crippen LogP contribution in [-0.4, -0.2) is 59.3 Å². The summed E-state index contributed by atoms with van der Waals surface area (Å²) in [6.45, 7) is 4.47. The Hall–Kier alpha value is -4.08. The monoisotopic (exact) mass is 458 g/mol. The normalized spacial score (nSPS) is 15.2. The zero-order chi connectivity index (χ0) is 24.0. The summed E-state index contributed by atoms with van der Waals surface area (Å²) in [4.78, 5) is 39.4. The number of carbonyl (C=O) groups is 1. The number of nitrogens with one attached hydrogen (secondary N) is 2. The largest absolute Gasteiger partial charge is 0.340 e. The molecule has 2 bridgehead atoms. The van der Waals surface area contributed by atoms with E-state index >= 15 is 0 Å². The third kappa shape index (κ3) is 3.60. The molecule has 0 fully saturated rings. The number of carbonyl (C=O) groups excluding carboxylic acids is 1. The van der Waals surface area contributed by atoms with E-state index in [-0.39, 0.29) is 11.5 Å². The molecular weight excluding hydrogens is 432 g/mol. The fraction of sp³-hybridized carbons (Fsp3) is 0.333. The van der Waals surface area contributed by atoms with Gasteiger partial charge in [-0.25, -0.2) is 9.97 Å². The topological polar surface area (TPSA) is 125 Å². The van der Waals surface area contributed by atoms with Crippen molar-refractivity contribution in [3.05, 3.63) is 56.5 Å². The molecular formula is C24H26N8O2. The van der Waals surface area contributed by atoms with Crippen LogP contribution in [0.5, 0.6) is 0 Å². The lowest BCUT2D eigenvalue weighted by Gasteiger charge is -2.17. The Kier molecular flexibility index (Phi) is 5.35. The summed E-state index contributed by atoms with van der Waals surface area (Å²) in [5.41, 5.74) is 6.32. The molecule has 0 aromatic carbocycles. The second-order valence-corrected chi connectivity index (χ2v) is 8.55. The molecule has 2 N–H and O–H groups in total. The van der Waals surface area contributed by atoms with E-state index < -0.39 is 0 Å². The first-order valence-corrected chi connectivity index (χ1v) is 11.3. The second kappa shape index (κ2) is 8.36. The minimum absolute atomic E-state index is 0.130. The number of amides is 1. The summed E-state index contributed by atoms with van der Waals surface area (Å²) in [6, 6.07) is 1.53. The molecule has 10 heteroatoms. The average molecular weight is 459 g/mol. The van der Waals surface area contributed by atoms with Crippen LogP contribution in [0.25, 0.3) is 34.6 Å². The van der Waals surface area contributed by atoms with Crippen LogP contribution in [0.1, 0.15) is 52.0 Å². The molecule has 0 saturated carbocycles. The van der Waals surface area contributed by atoms with Crippen LogP contribution in [0.2, 0.25) is 0 Å². The Bertz CT molecular complexity index is 1510. The lowest BCUT2D eigenvalue weighted by atomic mass is 10.0. The molecule has 5 heterocycles. The molecule has 0 aliphatic carbocycles. The van der Waals surface area contributed by atoms with Gasteiger partial charge in [-0.1, -0.05) is 6.92 Å². The number of aryl methyl sites for hydroxylation is 3. The van der Waals surface area contributed by atoms with Gasteiger partial charge in [-0.2, -0.15) is 10.2 Å². The highest BCUT2D eigenvalue weighted by atomic mass is 16.2. The van der Waals surface area contributed by atoms with Crippen molar-refractivity contribution in [3.8, 4) is 11.4 Å². The lowest BCUT2D eigenvalue weighted by molar-refractivity contribution is 0.0787. The Labute approximate surface area is 195 Å². The highest BCUT2D eigenvalue weighted by Gasteiger charge is 2.23. The third-order valence-corrected chi connectivity index (χ3v) is 6.31. The molecule has 0 atom stereocenters. The van der Waals surface area contributed by atoms with Crippen LogP contribution in [-0.2, 0) is 19.9 Å². The van der Waals surface area contributed by atoms with Gasteiger partial charge in [0, 0.05) is 49.7 Å². The maximum absolute atomic E-state index is 13.3. The van der Waals surface area contributed by atoms with Gasteiger partial charge in [0.05, 0.1) is 5.69 Å². The number of hydrogen-bond donors (Lipinski definition) is 2. The minimum Gasteiger partial charge on any atom is -0.340 e. The Morgan fingerprint density at radius 2 is 1.97 bits per heavy atom. The van der Waals surface area contributed by atoms with Gasteiger partial charge in [-0.3, -0.25) is 19.4 Å². The first-order valence-electron chi connectivity index (χ1n) is 11.3. The number of fused-ring (bicyclic) bond motifs is 4. The maximum Gasteiger partial charge on any atom is 0.274 e. The van der Waals surface area contributed by atoms with E-state index in [0.29, 0.717) is 47.7 Å². The zero-order valence-electron chi connectivity index (χ0n) is 19.6. The smallest absolute Gasteiger partial charge is 0.274 e. The molecule has 4 aromatic heterocycles. The van der Waals surface area contributed by atoms with Crippen LogP contribution in [0.15, 0.2) is 17.1 Å². The summed E-state index contributed by atoms with van der Waals surface area (Å²) in [5, 5.41) is 12.0. The van der Waals surface area contributed by atoms with Crippen LogP contribution in [0, 0.1) is 6.92 Å². The maximum atomic E-state index is 13.3. The van der Waals surface area contributed by atoms with Crippen molar-refractivity contribution in [2.45, 2.75) is 33.1 Å². The number of hydrogen-bond acceptors (Lipinski definition) is 6. The molecule has 34 heavy (non-hydrogen) atoms. The third-order valence-electron chi connectivity index (χ3n) is 6.31. The van der Waals surface area contributed by atoms with Crippen LogP contribution in [0.3, 0.4) is 0 Å². The summed E-state index contributed by atoms with van der Waals surface area (Å²) < 4.78 is 1.77. The van der Waals surface area contributed by atoms with Crippen molar-refractivity contribution < 1.29 is 4.79 Å². The number of aromatic amines is 2. The quantitative estimate of drug-likeness (QED) is 0.451. The molecule has 0 spiro atoms. The van der Waals surface area contributed by atoms with Crippen molar-refractivity contribution in [2.24, 2.45) is 7.05 Å². The standard InChI is InChI=1S/C24H26N8O2/c1-5-18-15-8-9-17-22-20(29-28-17)13(2)26-23(27-22)16-11-19(33)25-12-14(16)7-6-10-31(3)24(34)21(15)30-32(18)4/h8-9,11-12H,5-7,10H2,1-4H3,(H,25,33)(H,28,29)/b9-8+. The van der Waals surface area contributed by atoms with Gasteiger partial charge in [0.2, 0.25) is 5.56 Å². The zero-order valence-corrected chi connectivity index (χ0v) is 19.6. The molecule has 174 valence electrons. The van der Waals surface area contributed by atoms with E-state index in [4.69, 9.17) is 4.98 Å². The highest BCUT2D eigenvalue weighted by molar-refractivity contribution is 5.98. The predicted molar refractivity (Wildman–Crippen MR) is 129 cm³/mol. The predicted octanol–water partition coefficient (Wildman–Crippen LogP) is 2.50. The fourth-order valence-corrected chi connectivity index (χ4v) is 4.49. The molecule has 5 rings (SSSR count). The summed E-state index contributed by atoms with van der Waals surface area (Å²) in [5.74, 6) is 0.354. The van der Waals surface area contributed by atoms with Gasteiger partial charge in [0.1, 0.15) is 16.7 Å². The molecule has 0 radical (unpaired) electrons. The SMILES string of the molecule is CCc1c2c(nn1C)C(=O)N(C)CCCc1c[nH]c(=O)cc1-c1nc(C)c3[nH]nc(c3n1)/C=C/2. The Morgan fingerprint density at radius 3 is 2.76 bits per heavy atom. The van der Waals surface area contributed by atoms with Crippen molar-refractivity contribution in [2.75, 3.05) is 13.6 Å². The second-order valence-electron chi connectivity index (χ2n) is 8.55. The highest BCUT2D eigenvalue weighted by Crippen LogP contribution is 2.27. The van der Waals surface area contributed by atoms with Crippen molar-refractivity contribution >= 4 is 29.1 Å². The Morgan fingerprint density at radius 1 is 1.15 bits per heavy atom. The summed E-state index contributed by atoms with van der Waals surface area (Å²) in [6.07, 6.45) is 7.53. The van der Waals surface area contributed by atoms with Crippen molar-refractivity contribution in [1.82, 2.24) is 39.8 Å². The molecule has 0 saturated heterocycles. The molecule has 4 aromatic rings. The average Bonchev–Trinajstić information content (AvgIpc) is 3.37. The first kappa shape index (κ1) is 21.7. The van der Waals surface area contributed by atoms with Gasteiger partial charge in [-0.15, -0.1) is 0 Å². The van der Waals surface area contributed by atoms with Gasteiger partial charge in [-0.05, 0) is 43.9 Å². The number of H-pyrrole nitrogens is 2. The van der Waals surface area contributed by atoms with Crippen LogP contribution in [0.4, 0.5) is 0 Å². The van der Waals surface area contributed by atoms with Crippen LogP contribution < -0.4 is 5.56 Å². The van der Waals surface area contributed by atoms with Crippen molar-refractivity contribution in [3.63, 3.8) is 0 Å². The number of nitrogens with zero attached hydrogens (tertiary/aromatic N) is 6. The number of pyridine rings is 1. The van der Waals surface area contributed by atoms with Gasteiger partial charge < -0.3 is 9.88 Å². The first-order chi connectivity index (χ1) is 16.4. The van der Waals surface area contributed by atoms with E-state index in [2.05, 4.69) is 25.3 Å². The van der Waals surface area contributed by atoms with E-state index in [0.717, 1.165) is 34.5 Å². The lowest BCUT2D eigenvalue weighted by Crippen LogP contribution is -2.29. The molecule has 1 amide bonds. The van der Waals surface area contributed by atoms with Gasteiger partial charge >= 0.3 is 0 Å². The molecule has 1 aliphatic heterocycles. The summed E-state index contributed by atoms with van der Waals surface area (Å²) in [7, 11) is 3.64. The minimum atomic E-state index is -0.216. The fourth-order valence-electron chi connectivity index (χ4n) is 4.49. The van der Waals surface area contributed by atoms with E-state index in [1.54, 1.807) is 22.8 Å². The summed E-state index contributed by atoms with van der Waals surface area (Å²) >= 11 is 0. The van der Waals surface area contributed by atoms with Gasteiger partial charge in [0.15, 0.2) is 11.5 Å². The molecule has 0 unspecified atom stereocenters. The van der Waals surface area contributed by atoms with E-state index in [1.807, 2.05) is 33.0 Å². The van der Waals surface area contributed by atoms with Crippen molar-refractivity contribution in [1.29, 1.82) is 0 Å². The van der Waals surface area contributed by atoms with Crippen LogP contribution >= 0.6 is 0 Å². The van der Waals surface area contributed by atoms with E-state index in [9.17, 15) is 9.59 Å². The Balaban J connectivity index is 1.75. The van der Waals surface area contributed by atoms with Gasteiger partial charge in [0.25, 0.3) is 5.91 Å². The number of aromatic nitrogens is 7. The van der Waals surface area contributed by atoms with E-state index in [1.165, 1.54) is 6.07 Å². The molecule has 10 nitrogen and oxygen atoms in total. The number of rotatable bonds is 1.